The molecule has 4 aromatic carbocycles. The van der Waals surface area contributed by atoms with Gasteiger partial charge in [-0.2, -0.15) is 26.3 Å². The van der Waals surface area contributed by atoms with Gasteiger partial charge in [-0.05, 0) is 58.7 Å². The number of hydrogen-bond acceptors (Lipinski definition) is 5. The summed E-state index contributed by atoms with van der Waals surface area (Å²) in [6.45, 7) is 1.93. The molecule has 0 radical (unpaired) electrons. The molecule has 7 nitrogen and oxygen atoms in total. The van der Waals surface area contributed by atoms with E-state index in [4.69, 9.17) is 56.1 Å². The third-order valence-electron chi connectivity index (χ3n) is 10.8. The van der Waals surface area contributed by atoms with Crippen LogP contribution in [-0.2, 0) is 20.9 Å². The first-order chi connectivity index (χ1) is 26.4. The van der Waals surface area contributed by atoms with Gasteiger partial charge in [-0.3, -0.25) is 0 Å². The first kappa shape index (κ1) is 38.7. The smallest absolute Gasteiger partial charge is 0.374 e. The number of hydrogen-bond donors (Lipinski definition) is 0. The maximum Gasteiger partial charge on any atom is 0.435 e. The van der Waals surface area contributed by atoms with Gasteiger partial charge < -0.3 is 19.5 Å². The molecule has 0 N–H and O–H groups in total. The molecule has 4 aliphatic heterocycles. The molecule has 2 atom stereocenters. The Morgan fingerprint density at radius 2 is 0.893 bits per heavy atom. The van der Waals surface area contributed by atoms with E-state index in [1.54, 1.807) is 34.1 Å². The summed E-state index contributed by atoms with van der Waals surface area (Å²) < 4.78 is 86.4. The highest BCUT2D eigenvalue weighted by molar-refractivity contribution is 6.35. The summed E-state index contributed by atoms with van der Waals surface area (Å²) in [5.74, 6) is 0.105. The zero-order chi connectivity index (χ0) is 39.8. The zero-order valence-electron chi connectivity index (χ0n) is 28.8. The summed E-state index contributed by atoms with van der Waals surface area (Å²) in [5.41, 5.74) is -2.87. The highest BCUT2D eigenvalue weighted by Gasteiger charge is 2.63. The number of rotatable bonds is 6. The Balaban J connectivity index is 0.838. The molecule has 292 valence electrons. The Bertz CT molecular complexity index is 2060. The minimum atomic E-state index is -4.80. The van der Waals surface area contributed by atoms with Crippen LogP contribution in [0, 0.1) is 0 Å². The van der Waals surface area contributed by atoms with Gasteiger partial charge in [0.25, 0.3) is 11.2 Å². The van der Waals surface area contributed by atoms with E-state index < -0.39 is 36.4 Å². The van der Waals surface area contributed by atoms with Gasteiger partial charge in [0.2, 0.25) is 0 Å². The molecule has 2 saturated heterocycles. The minimum absolute atomic E-state index is 0.0450. The quantitative estimate of drug-likeness (QED) is 0.181. The molecule has 4 aliphatic rings. The molecule has 8 rings (SSSR count). The predicted molar refractivity (Wildman–Crippen MR) is 200 cm³/mol. The van der Waals surface area contributed by atoms with E-state index >= 15 is 0 Å². The number of halogens is 10. The van der Waals surface area contributed by atoms with Crippen molar-refractivity contribution in [2.45, 2.75) is 48.2 Å². The van der Waals surface area contributed by atoms with Gasteiger partial charge >= 0.3 is 18.4 Å². The minimum Gasteiger partial charge on any atom is -0.374 e. The van der Waals surface area contributed by atoms with Gasteiger partial charge in [0.15, 0.2) is 0 Å². The van der Waals surface area contributed by atoms with Crippen molar-refractivity contribution < 1.29 is 40.8 Å². The number of nitrogens with zero attached hydrogens (tertiary/aromatic N) is 4. The topological polar surface area (TPSA) is 66.7 Å². The maximum absolute atomic E-state index is 14.4. The molecule has 17 heteroatoms. The Labute approximate surface area is 336 Å². The third kappa shape index (κ3) is 6.84. The normalized spacial score (nSPS) is 22.9. The van der Waals surface area contributed by atoms with Crippen molar-refractivity contribution in [3.8, 4) is 0 Å². The van der Waals surface area contributed by atoms with E-state index in [-0.39, 0.29) is 60.5 Å². The van der Waals surface area contributed by atoms with Gasteiger partial charge in [0, 0.05) is 82.1 Å². The van der Waals surface area contributed by atoms with Crippen LogP contribution in [0.5, 0.6) is 0 Å². The summed E-state index contributed by atoms with van der Waals surface area (Å²) >= 11 is 24.0. The predicted octanol–water partition coefficient (Wildman–Crippen LogP) is 11.1. The fourth-order valence-electron chi connectivity index (χ4n) is 7.48. The fourth-order valence-corrected chi connectivity index (χ4v) is 8.53. The highest BCUT2D eigenvalue weighted by atomic mass is 35.5. The summed E-state index contributed by atoms with van der Waals surface area (Å²) in [6, 6.07) is 21.3. The summed E-state index contributed by atoms with van der Waals surface area (Å²) in [7, 11) is 0. The van der Waals surface area contributed by atoms with Crippen molar-refractivity contribution in [3.05, 3.63) is 138 Å². The number of carbonyl (C=O) groups is 1. The van der Waals surface area contributed by atoms with Gasteiger partial charge in [0.05, 0.1) is 11.4 Å². The molecular weight excluding hydrogens is 828 g/mol. The van der Waals surface area contributed by atoms with Crippen LogP contribution in [0.4, 0.5) is 31.1 Å². The Kier molecular flexibility index (Phi) is 9.70. The number of oxime groups is 2. The molecule has 4 heterocycles. The van der Waals surface area contributed by atoms with Crippen molar-refractivity contribution in [2.24, 2.45) is 10.3 Å². The number of alkyl halides is 6. The van der Waals surface area contributed by atoms with Crippen molar-refractivity contribution in [1.82, 2.24) is 9.80 Å². The zero-order valence-corrected chi connectivity index (χ0v) is 31.8. The number of benzene rings is 4. The molecule has 0 aromatic heterocycles. The van der Waals surface area contributed by atoms with E-state index in [0.29, 0.717) is 37.3 Å². The van der Waals surface area contributed by atoms with Gasteiger partial charge in [0.1, 0.15) is 0 Å². The van der Waals surface area contributed by atoms with Crippen molar-refractivity contribution in [3.63, 3.8) is 0 Å². The standard InChI is InChI=1S/C39H28Cl4F6N4O3/c40-29-9-27(10-30(41)13-29)36(38(44,45)46)15-33(50-55-36)23-5-1-21(2-6-23)25-17-52(18-25)35(54)53-19-26(20-53)22-3-7-24(8-4-22)34-16-37(56-51-34,39(47,48)49)28-11-31(42)14-32(43)12-28/h1-14,25-26H,15-20H2. The number of urea groups is 1. The third-order valence-corrected chi connectivity index (χ3v) is 11.6. The Morgan fingerprint density at radius 3 is 1.20 bits per heavy atom. The largest absolute Gasteiger partial charge is 0.435 e. The summed E-state index contributed by atoms with van der Waals surface area (Å²) in [6.07, 6.45) is -10.7. The highest BCUT2D eigenvalue weighted by Crippen LogP contribution is 2.51. The Morgan fingerprint density at radius 1 is 0.571 bits per heavy atom. The van der Waals surface area contributed by atoms with Crippen molar-refractivity contribution in [1.29, 1.82) is 0 Å². The lowest BCUT2D eigenvalue weighted by Crippen LogP contribution is -2.59. The molecular formula is C39H28Cl4F6N4O3. The lowest BCUT2D eigenvalue weighted by atomic mass is 9.85. The average Bonchev–Trinajstić information content (AvgIpc) is 3.75. The molecule has 0 bridgehead atoms. The lowest BCUT2D eigenvalue weighted by Gasteiger charge is -2.47. The lowest BCUT2D eigenvalue weighted by molar-refractivity contribution is -0.276. The van der Waals surface area contributed by atoms with E-state index in [1.165, 1.54) is 36.4 Å². The molecule has 2 unspecified atom stereocenters. The fraction of sp³-hybridized carbons (Fsp3) is 0.308. The van der Waals surface area contributed by atoms with Crippen LogP contribution in [0.2, 0.25) is 20.1 Å². The van der Waals surface area contributed by atoms with Crippen LogP contribution in [0.1, 0.15) is 58.1 Å². The first-order valence-electron chi connectivity index (χ1n) is 17.3. The van der Waals surface area contributed by atoms with E-state index in [0.717, 1.165) is 11.1 Å². The van der Waals surface area contributed by atoms with Crippen LogP contribution in [0.3, 0.4) is 0 Å². The monoisotopic (exact) mass is 854 g/mol. The second-order valence-corrected chi connectivity index (χ2v) is 16.1. The summed E-state index contributed by atoms with van der Waals surface area (Å²) in [4.78, 5) is 26.9. The van der Waals surface area contributed by atoms with Gasteiger partial charge in [-0.15, -0.1) is 0 Å². The number of likely N-dealkylation sites (tertiary alicyclic amines) is 2. The van der Waals surface area contributed by atoms with E-state index in [9.17, 15) is 31.1 Å². The second-order valence-electron chi connectivity index (χ2n) is 14.3. The molecule has 0 saturated carbocycles. The Hall–Kier alpha value is -4.17. The molecule has 2 fully saturated rings. The number of carbonyl (C=O) groups excluding carboxylic acids is 1. The first-order valence-corrected chi connectivity index (χ1v) is 18.8. The molecule has 4 aromatic rings. The second kappa shape index (κ2) is 14.0. The van der Waals surface area contributed by atoms with Crippen molar-refractivity contribution in [2.75, 3.05) is 26.2 Å². The van der Waals surface area contributed by atoms with E-state index in [1.807, 2.05) is 24.3 Å². The molecule has 2 amide bonds. The molecule has 56 heavy (non-hydrogen) atoms. The van der Waals surface area contributed by atoms with Crippen LogP contribution in [0.25, 0.3) is 0 Å². The molecule has 0 spiro atoms. The van der Waals surface area contributed by atoms with Crippen LogP contribution >= 0.6 is 46.4 Å². The van der Waals surface area contributed by atoms with Crippen LogP contribution in [-0.4, -0.2) is 65.8 Å². The van der Waals surface area contributed by atoms with Crippen molar-refractivity contribution >= 4 is 63.9 Å². The van der Waals surface area contributed by atoms with Crippen LogP contribution in [0.15, 0.2) is 95.2 Å². The maximum atomic E-state index is 14.4. The van der Waals surface area contributed by atoms with Crippen LogP contribution < -0.4 is 0 Å². The SMILES string of the molecule is O=C(N1CC(c2ccc(C3=NOC(c4cc(Cl)cc(Cl)c4)(C(F)(F)F)C3)cc2)C1)N1CC(c2ccc(C3=NOC(c4cc(Cl)cc(Cl)c4)(C(F)(F)F)C3)cc2)C1. The molecule has 0 aliphatic carbocycles. The average molecular weight is 856 g/mol. The van der Waals surface area contributed by atoms with E-state index in [2.05, 4.69) is 10.3 Å². The van der Waals surface area contributed by atoms with Gasteiger partial charge in [-0.25, -0.2) is 4.79 Å². The summed E-state index contributed by atoms with van der Waals surface area (Å²) in [5, 5.41) is 7.81. The number of amides is 2. The van der Waals surface area contributed by atoms with Gasteiger partial charge in [-0.1, -0.05) is 105 Å².